The molecule has 2 nitrogen and oxygen atoms in total. The van der Waals surface area contributed by atoms with Gasteiger partial charge in [-0.05, 0) is 0 Å². The highest BCUT2D eigenvalue weighted by Gasteiger charge is 1.90. The fraction of sp³-hybridized carbons (Fsp3) is 1.00. The molecule has 0 bridgehead atoms. The SMILES string of the molecule is [3H]CS(=O)(=O)CC. The molecule has 0 aliphatic rings. The van der Waals surface area contributed by atoms with Gasteiger partial charge in [0, 0.05) is 13.4 Å². The van der Waals surface area contributed by atoms with E-state index >= 15 is 0 Å². The van der Waals surface area contributed by atoms with E-state index in [0.717, 1.165) is 0 Å². The van der Waals surface area contributed by atoms with Crippen molar-refractivity contribution in [3.8, 4) is 0 Å². The summed E-state index contributed by atoms with van der Waals surface area (Å²) in [5, 5.41) is 0. The van der Waals surface area contributed by atoms with E-state index in [0.29, 0.717) is 0 Å². The van der Waals surface area contributed by atoms with Crippen LogP contribution in [0.1, 0.15) is 8.29 Å². The van der Waals surface area contributed by atoms with Crippen LogP contribution in [0.5, 0.6) is 0 Å². The van der Waals surface area contributed by atoms with Crippen LogP contribution in [-0.4, -0.2) is 20.4 Å². The Balaban J connectivity index is 3.89. The molecule has 0 amide bonds. The topological polar surface area (TPSA) is 34.1 Å². The van der Waals surface area contributed by atoms with Crippen LogP contribution in [0, 0.1) is 0 Å². The maximum atomic E-state index is 10.2. The molecular formula is C3H8O2S. The molecule has 0 spiro atoms. The molecule has 0 aromatic carbocycles. The first-order valence-electron chi connectivity index (χ1n) is 2.32. The van der Waals surface area contributed by atoms with Crippen molar-refractivity contribution in [2.24, 2.45) is 0 Å². The number of hydrogen-bond acceptors (Lipinski definition) is 2. The standard InChI is InChI=1S/C3H8O2S/c1-3-6(2,4)5/h3H2,1-2H3/i2T. The quantitative estimate of drug-likeness (QED) is 0.478. The van der Waals surface area contributed by atoms with Crippen LogP contribution in [0.2, 0.25) is 0 Å². The van der Waals surface area contributed by atoms with Gasteiger partial charge in [-0.15, -0.1) is 0 Å². The Hall–Kier alpha value is -0.0500. The first-order chi connectivity index (χ1) is 3.12. The lowest BCUT2D eigenvalue weighted by molar-refractivity contribution is 0.603. The van der Waals surface area contributed by atoms with E-state index in [4.69, 9.17) is 1.37 Å². The zero-order valence-corrected chi connectivity index (χ0v) is 4.46. The van der Waals surface area contributed by atoms with Crippen molar-refractivity contribution < 1.29 is 9.79 Å². The zero-order chi connectivity index (χ0) is 5.91. The third kappa shape index (κ3) is 3.95. The molecule has 0 aliphatic heterocycles. The van der Waals surface area contributed by atoms with Crippen LogP contribution in [-0.2, 0) is 9.84 Å². The maximum Gasteiger partial charge on any atom is 0.147 e. The summed E-state index contributed by atoms with van der Waals surface area (Å²) in [6.07, 6.45) is -0.483. The molecular weight excluding hydrogens is 100 g/mol. The summed E-state index contributed by atoms with van der Waals surface area (Å²) in [4.78, 5) is 0. The molecule has 0 aromatic rings. The third-order valence-corrected chi connectivity index (χ3v) is 1.32. The lowest BCUT2D eigenvalue weighted by Gasteiger charge is -1.81. The average Bonchev–Trinajstić information content (AvgIpc) is 1.68. The van der Waals surface area contributed by atoms with Crippen molar-refractivity contribution in [2.45, 2.75) is 6.92 Å². The third-order valence-electron chi connectivity index (χ3n) is 0.440. The van der Waals surface area contributed by atoms with Crippen molar-refractivity contribution >= 4 is 9.84 Å². The first kappa shape index (κ1) is 4.12. The Kier molecular flexibility index (Phi) is 1.10. The summed E-state index contributed by atoms with van der Waals surface area (Å²) in [6.45, 7) is 1.53. The second kappa shape index (κ2) is 1.60. The molecule has 0 rings (SSSR count). The smallest absolute Gasteiger partial charge is 0.147 e. The molecule has 0 saturated heterocycles. The van der Waals surface area contributed by atoms with Gasteiger partial charge < -0.3 is 0 Å². The van der Waals surface area contributed by atoms with E-state index in [1.54, 1.807) is 0 Å². The molecule has 0 fully saturated rings. The van der Waals surface area contributed by atoms with Gasteiger partial charge in [0.15, 0.2) is 0 Å². The van der Waals surface area contributed by atoms with E-state index in [-0.39, 0.29) is 5.75 Å². The summed E-state index contributed by atoms with van der Waals surface area (Å²) in [6, 6.07) is 0. The van der Waals surface area contributed by atoms with Gasteiger partial charge in [-0.1, -0.05) is 6.92 Å². The number of rotatable bonds is 1. The fourth-order valence-electron chi connectivity index (χ4n) is 0. The molecule has 3 heteroatoms. The van der Waals surface area contributed by atoms with E-state index in [1.807, 2.05) is 0 Å². The van der Waals surface area contributed by atoms with Crippen molar-refractivity contribution in [3.63, 3.8) is 0 Å². The van der Waals surface area contributed by atoms with Gasteiger partial charge in [0.05, 0.1) is 0 Å². The second-order valence-electron chi connectivity index (χ2n) is 1.03. The summed E-state index contributed by atoms with van der Waals surface area (Å²) in [7, 11) is -2.99. The largest absolute Gasteiger partial charge is 0.229 e. The fourth-order valence-corrected chi connectivity index (χ4v) is 0. The Morgan fingerprint density at radius 2 is 2.33 bits per heavy atom. The lowest BCUT2D eigenvalue weighted by atomic mass is 11.0. The van der Waals surface area contributed by atoms with Gasteiger partial charge in [0.1, 0.15) is 9.84 Å². The summed E-state index contributed by atoms with van der Waals surface area (Å²) < 4.78 is 26.8. The van der Waals surface area contributed by atoms with Crippen LogP contribution in [0.4, 0.5) is 0 Å². The molecule has 38 valence electrons. The van der Waals surface area contributed by atoms with Gasteiger partial charge in [-0.25, -0.2) is 8.42 Å². The van der Waals surface area contributed by atoms with Crippen molar-refractivity contribution in [1.82, 2.24) is 0 Å². The number of sulfone groups is 1. The molecule has 0 N–H and O–H groups in total. The van der Waals surface area contributed by atoms with Gasteiger partial charge in [0.25, 0.3) is 0 Å². The monoisotopic (exact) mass is 110 g/mol. The highest BCUT2D eigenvalue weighted by molar-refractivity contribution is 7.90. The van der Waals surface area contributed by atoms with E-state index in [9.17, 15) is 8.42 Å². The molecule has 0 heterocycles. The zero-order valence-electron chi connectivity index (χ0n) is 4.64. The highest BCUT2D eigenvalue weighted by atomic mass is 32.2. The van der Waals surface area contributed by atoms with E-state index in [1.165, 1.54) is 6.92 Å². The summed E-state index contributed by atoms with van der Waals surface area (Å²) in [5.41, 5.74) is 0. The summed E-state index contributed by atoms with van der Waals surface area (Å²) in [5.74, 6) is 0.0799. The summed E-state index contributed by atoms with van der Waals surface area (Å²) >= 11 is 0. The van der Waals surface area contributed by atoms with Crippen LogP contribution < -0.4 is 0 Å². The highest BCUT2D eigenvalue weighted by Crippen LogP contribution is 1.75. The number of hydrogen-bond donors (Lipinski definition) is 0. The van der Waals surface area contributed by atoms with Crippen LogP contribution in [0.25, 0.3) is 0 Å². The molecule has 0 aromatic heterocycles. The molecule has 0 aliphatic carbocycles. The van der Waals surface area contributed by atoms with Crippen LogP contribution in [0.15, 0.2) is 0 Å². The average molecular weight is 110 g/mol. The van der Waals surface area contributed by atoms with Crippen molar-refractivity contribution in [3.05, 3.63) is 0 Å². The van der Waals surface area contributed by atoms with Crippen LogP contribution in [0.3, 0.4) is 0 Å². The predicted octanol–water partition coefficient (Wildman–Crippen LogP) is 0.0509. The van der Waals surface area contributed by atoms with Crippen molar-refractivity contribution in [1.29, 1.82) is 0 Å². The van der Waals surface area contributed by atoms with E-state index < -0.39 is 16.1 Å². The van der Waals surface area contributed by atoms with Gasteiger partial charge in [-0.3, -0.25) is 0 Å². The Morgan fingerprint density at radius 1 is 1.83 bits per heavy atom. The van der Waals surface area contributed by atoms with Gasteiger partial charge in [0.2, 0.25) is 0 Å². The molecule has 0 saturated carbocycles. The predicted molar refractivity (Wildman–Crippen MR) is 25.4 cm³/mol. The minimum absolute atomic E-state index is 0.0799. The Labute approximate surface area is 39.5 Å². The molecule has 0 radical (unpaired) electrons. The lowest BCUT2D eigenvalue weighted by Crippen LogP contribution is -1.96. The normalized spacial score (nSPS) is 13.8. The minimum Gasteiger partial charge on any atom is -0.229 e. The second-order valence-corrected chi connectivity index (χ2v) is 3.10. The maximum absolute atomic E-state index is 10.2. The van der Waals surface area contributed by atoms with E-state index in [2.05, 4.69) is 0 Å². The molecule has 0 unspecified atom stereocenters. The first-order valence-corrected chi connectivity index (χ1v) is 3.44. The Morgan fingerprint density at radius 3 is 2.33 bits per heavy atom. The van der Waals surface area contributed by atoms with Gasteiger partial charge >= 0.3 is 0 Å². The van der Waals surface area contributed by atoms with Crippen LogP contribution >= 0.6 is 0 Å². The molecule has 0 atom stereocenters. The minimum atomic E-state index is -2.99. The van der Waals surface area contributed by atoms with Gasteiger partial charge in [-0.2, -0.15) is 0 Å². The van der Waals surface area contributed by atoms with Crippen molar-refractivity contribution in [2.75, 3.05) is 12.0 Å². The Bertz CT molecular complexity index is 116. The molecule has 6 heavy (non-hydrogen) atoms.